The molecule has 2 aromatic rings. The van der Waals surface area contributed by atoms with Crippen LogP contribution in [-0.2, 0) is 6.54 Å². The van der Waals surface area contributed by atoms with Crippen molar-refractivity contribution in [2.75, 3.05) is 31.1 Å². The first-order chi connectivity index (χ1) is 14.7. The van der Waals surface area contributed by atoms with Crippen molar-refractivity contribution in [1.29, 1.82) is 0 Å². The second-order valence-corrected chi connectivity index (χ2v) is 7.85. The average molecular weight is 402 g/mol. The monoisotopic (exact) mass is 402 g/mol. The molecule has 0 saturated carbocycles. The van der Waals surface area contributed by atoms with Crippen LogP contribution in [0.3, 0.4) is 0 Å². The summed E-state index contributed by atoms with van der Waals surface area (Å²) in [6, 6.07) is 11.6. The zero-order valence-corrected chi connectivity index (χ0v) is 17.1. The predicted molar refractivity (Wildman–Crippen MR) is 118 cm³/mol. The summed E-state index contributed by atoms with van der Waals surface area (Å²) in [7, 11) is 0. The molecule has 1 aromatic heterocycles. The van der Waals surface area contributed by atoms with Gasteiger partial charge in [0.25, 0.3) is 0 Å². The topological polar surface area (TPSA) is 62.5 Å². The van der Waals surface area contributed by atoms with Crippen molar-refractivity contribution < 1.29 is 4.92 Å². The van der Waals surface area contributed by atoms with Crippen LogP contribution in [0.1, 0.15) is 36.8 Å². The fourth-order valence-corrected chi connectivity index (χ4v) is 4.09. The number of likely N-dealkylation sites (tertiary alicyclic amines) is 1. The first-order valence-electron chi connectivity index (χ1n) is 10.5. The lowest BCUT2D eigenvalue weighted by molar-refractivity contribution is -0.384. The number of nitrogens with zero attached hydrogens (tertiary/aromatic N) is 4. The van der Waals surface area contributed by atoms with Crippen molar-refractivity contribution in [3.63, 3.8) is 0 Å². The van der Waals surface area contributed by atoms with E-state index in [0.717, 1.165) is 38.0 Å². The van der Waals surface area contributed by atoms with Gasteiger partial charge in [-0.1, -0.05) is 29.5 Å². The van der Waals surface area contributed by atoms with E-state index in [1.165, 1.54) is 43.1 Å². The van der Waals surface area contributed by atoms with E-state index in [1.807, 2.05) is 11.0 Å². The SMILES string of the molecule is O=[N+]([O-])c1cccnc1N1CCC(=CC#Cc2cccc(CN3CCCC3)c2)CC1. The van der Waals surface area contributed by atoms with Gasteiger partial charge in [0.15, 0.2) is 0 Å². The van der Waals surface area contributed by atoms with Crippen LogP contribution in [0.5, 0.6) is 0 Å². The summed E-state index contributed by atoms with van der Waals surface area (Å²) >= 11 is 0. The molecule has 0 spiro atoms. The molecular weight excluding hydrogens is 376 g/mol. The summed E-state index contributed by atoms with van der Waals surface area (Å²) in [5.74, 6) is 6.93. The minimum atomic E-state index is -0.364. The molecule has 4 rings (SSSR count). The fourth-order valence-electron chi connectivity index (χ4n) is 4.09. The van der Waals surface area contributed by atoms with Crippen LogP contribution < -0.4 is 4.90 Å². The zero-order chi connectivity index (χ0) is 20.8. The minimum absolute atomic E-state index is 0.0681. The van der Waals surface area contributed by atoms with Gasteiger partial charge in [-0.25, -0.2) is 4.98 Å². The maximum absolute atomic E-state index is 11.2. The molecule has 6 heteroatoms. The molecule has 154 valence electrons. The van der Waals surface area contributed by atoms with Crippen molar-refractivity contribution in [1.82, 2.24) is 9.88 Å². The normalized spacial score (nSPS) is 16.8. The third-order valence-corrected chi connectivity index (χ3v) is 5.69. The highest BCUT2D eigenvalue weighted by molar-refractivity contribution is 5.58. The van der Waals surface area contributed by atoms with Gasteiger partial charge < -0.3 is 4.90 Å². The predicted octanol–water partition coefficient (Wildman–Crippen LogP) is 4.16. The number of benzene rings is 1. The second kappa shape index (κ2) is 9.55. The van der Waals surface area contributed by atoms with E-state index >= 15 is 0 Å². The molecule has 2 fully saturated rings. The third-order valence-electron chi connectivity index (χ3n) is 5.69. The average Bonchev–Trinajstić information content (AvgIpc) is 3.27. The van der Waals surface area contributed by atoms with E-state index in [0.29, 0.717) is 5.82 Å². The van der Waals surface area contributed by atoms with E-state index in [1.54, 1.807) is 12.3 Å². The molecule has 2 aliphatic rings. The summed E-state index contributed by atoms with van der Waals surface area (Å²) in [6.45, 7) is 4.83. The Morgan fingerprint density at radius 3 is 2.67 bits per heavy atom. The number of anilines is 1. The van der Waals surface area contributed by atoms with E-state index < -0.39 is 0 Å². The van der Waals surface area contributed by atoms with Gasteiger partial charge >= 0.3 is 5.69 Å². The molecule has 0 N–H and O–H groups in total. The molecule has 6 nitrogen and oxygen atoms in total. The van der Waals surface area contributed by atoms with E-state index in [9.17, 15) is 10.1 Å². The van der Waals surface area contributed by atoms with Crippen LogP contribution in [0.15, 0.2) is 54.2 Å². The molecule has 3 heterocycles. The molecule has 30 heavy (non-hydrogen) atoms. The van der Waals surface area contributed by atoms with Gasteiger partial charge in [0.1, 0.15) is 0 Å². The van der Waals surface area contributed by atoms with Crippen molar-refractivity contribution in [3.05, 3.63) is 75.5 Å². The Balaban J connectivity index is 1.36. The summed E-state index contributed by atoms with van der Waals surface area (Å²) in [6.07, 6.45) is 7.92. The van der Waals surface area contributed by atoms with Crippen LogP contribution in [0, 0.1) is 22.0 Å². The number of hydrogen-bond acceptors (Lipinski definition) is 5. The van der Waals surface area contributed by atoms with Crippen molar-refractivity contribution >= 4 is 11.5 Å². The maximum atomic E-state index is 11.2. The number of aromatic nitrogens is 1. The number of nitro groups is 1. The summed E-state index contributed by atoms with van der Waals surface area (Å²) in [4.78, 5) is 19.6. The number of pyridine rings is 1. The highest BCUT2D eigenvalue weighted by Crippen LogP contribution is 2.28. The van der Waals surface area contributed by atoms with Crippen LogP contribution in [0.25, 0.3) is 0 Å². The number of hydrogen-bond donors (Lipinski definition) is 0. The van der Waals surface area contributed by atoms with Gasteiger partial charge in [0, 0.05) is 37.5 Å². The number of allylic oxidation sites excluding steroid dienone is 1. The van der Waals surface area contributed by atoms with Crippen LogP contribution in [-0.4, -0.2) is 41.0 Å². The third kappa shape index (κ3) is 5.05. The van der Waals surface area contributed by atoms with E-state index in [2.05, 4.69) is 46.0 Å². The molecule has 0 aliphatic carbocycles. The smallest absolute Gasteiger partial charge is 0.311 e. The molecule has 1 aromatic carbocycles. The first kappa shape index (κ1) is 20.1. The summed E-state index contributed by atoms with van der Waals surface area (Å²) in [5.41, 5.74) is 3.72. The van der Waals surface area contributed by atoms with Crippen molar-refractivity contribution in [3.8, 4) is 11.8 Å². The van der Waals surface area contributed by atoms with Gasteiger partial charge in [-0.2, -0.15) is 0 Å². The first-order valence-corrected chi connectivity index (χ1v) is 10.5. The minimum Gasteiger partial charge on any atom is -0.350 e. The van der Waals surface area contributed by atoms with Crippen LogP contribution >= 0.6 is 0 Å². The standard InChI is InChI=1S/C24H26N4O2/c29-28(30)23-10-5-13-25-24(23)27-16-11-20(12-17-27)6-3-7-21-8-4-9-22(18-21)19-26-14-1-2-15-26/h4-6,8-10,13,18H,1-2,11-12,14-17,19H2. The fraction of sp³-hybridized carbons (Fsp3) is 0.375. The molecule has 0 atom stereocenters. The van der Waals surface area contributed by atoms with Crippen LogP contribution in [0.2, 0.25) is 0 Å². The van der Waals surface area contributed by atoms with Gasteiger partial charge in [-0.15, -0.1) is 0 Å². The highest BCUT2D eigenvalue weighted by Gasteiger charge is 2.23. The Hall–Kier alpha value is -3.17. The summed E-state index contributed by atoms with van der Waals surface area (Å²) in [5, 5.41) is 11.2. The van der Waals surface area contributed by atoms with Gasteiger partial charge in [0.2, 0.25) is 5.82 Å². The lowest BCUT2D eigenvalue weighted by atomic mass is 10.0. The molecule has 2 saturated heterocycles. The lowest BCUT2D eigenvalue weighted by Crippen LogP contribution is -2.31. The van der Waals surface area contributed by atoms with E-state index in [-0.39, 0.29) is 10.6 Å². The molecular formula is C24H26N4O2. The maximum Gasteiger partial charge on any atom is 0.311 e. The largest absolute Gasteiger partial charge is 0.350 e. The molecule has 0 unspecified atom stereocenters. The Kier molecular flexibility index (Phi) is 6.41. The summed E-state index contributed by atoms with van der Waals surface area (Å²) < 4.78 is 0. The number of piperidine rings is 1. The van der Waals surface area contributed by atoms with Gasteiger partial charge in [-0.05, 0) is 68.6 Å². The highest BCUT2D eigenvalue weighted by atomic mass is 16.6. The molecule has 0 radical (unpaired) electrons. The Morgan fingerprint density at radius 1 is 1.10 bits per heavy atom. The molecule has 2 aliphatic heterocycles. The van der Waals surface area contributed by atoms with Crippen molar-refractivity contribution in [2.24, 2.45) is 0 Å². The van der Waals surface area contributed by atoms with Gasteiger partial charge in [0.05, 0.1) is 4.92 Å². The lowest BCUT2D eigenvalue weighted by Gasteiger charge is -2.28. The molecule has 0 amide bonds. The zero-order valence-electron chi connectivity index (χ0n) is 17.1. The Morgan fingerprint density at radius 2 is 1.90 bits per heavy atom. The quantitative estimate of drug-likeness (QED) is 0.436. The number of rotatable bonds is 4. The van der Waals surface area contributed by atoms with Gasteiger partial charge in [-0.3, -0.25) is 15.0 Å². The van der Waals surface area contributed by atoms with Crippen molar-refractivity contribution in [2.45, 2.75) is 32.2 Å². The van der Waals surface area contributed by atoms with E-state index in [4.69, 9.17) is 0 Å². The second-order valence-electron chi connectivity index (χ2n) is 7.85. The Labute approximate surface area is 177 Å². The van der Waals surface area contributed by atoms with Crippen LogP contribution in [0.4, 0.5) is 11.5 Å². The Bertz CT molecular complexity index is 990. The molecule has 0 bridgehead atoms.